The molecule has 1 atom stereocenters. The van der Waals surface area contributed by atoms with Crippen molar-refractivity contribution < 1.29 is 4.42 Å². The summed E-state index contributed by atoms with van der Waals surface area (Å²) in [7, 11) is 0. The van der Waals surface area contributed by atoms with Crippen LogP contribution in [0.25, 0.3) is 0 Å². The van der Waals surface area contributed by atoms with E-state index in [1.807, 2.05) is 6.07 Å². The molecule has 2 nitrogen and oxygen atoms in total. The van der Waals surface area contributed by atoms with E-state index in [0.717, 1.165) is 36.2 Å². The molecule has 0 amide bonds. The molecule has 102 valence electrons. The van der Waals surface area contributed by atoms with Gasteiger partial charge >= 0.3 is 0 Å². The largest absolute Gasteiger partial charge is 0.469 e. The zero-order valence-electron chi connectivity index (χ0n) is 11.2. The number of halogens is 1. The molecule has 1 aromatic carbocycles. The molecule has 2 aromatic rings. The highest BCUT2D eigenvalue weighted by atomic mass is 79.9. The Kier molecular flexibility index (Phi) is 5.67. The standard InChI is InChI=1S/C16H20BrNO/c1-2-18-12-14(11-16-4-3-9-19-16)10-13-5-7-15(17)8-6-13/h3-9,14,18H,2,10-12H2,1H3. The highest BCUT2D eigenvalue weighted by molar-refractivity contribution is 9.10. The van der Waals surface area contributed by atoms with E-state index in [-0.39, 0.29) is 0 Å². The van der Waals surface area contributed by atoms with Gasteiger partial charge in [-0.1, -0.05) is 35.0 Å². The number of hydrogen-bond acceptors (Lipinski definition) is 2. The summed E-state index contributed by atoms with van der Waals surface area (Å²) in [6.07, 6.45) is 3.80. The van der Waals surface area contributed by atoms with E-state index in [1.165, 1.54) is 5.56 Å². The molecule has 0 bridgehead atoms. The average molecular weight is 322 g/mol. The third-order valence-electron chi connectivity index (χ3n) is 3.19. The van der Waals surface area contributed by atoms with Crippen molar-refractivity contribution in [3.05, 3.63) is 58.5 Å². The normalized spacial score (nSPS) is 12.5. The Morgan fingerprint density at radius 2 is 1.95 bits per heavy atom. The van der Waals surface area contributed by atoms with Crippen LogP contribution in [0.15, 0.2) is 51.6 Å². The third kappa shape index (κ3) is 4.84. The van der Waals surface area contributed by atoms with Crippen LogP contribution in [0.3, 0.4) is 0 Å². The van der Waals surface area contributed by atoms with Crippen LogP contribution in [-0.4, -0.2) is 13.1 Å². The Morgan fingerprint density at radius 3 is 2.58 bits per heavy atom. The van der Waals surface area contributed by atoms with Crippen molar-refractivity contribution in [2.24, 2.45) is 5.92 Å². The van der Waals surface area contributed by atoms with Gasteiger partial charge in [0, 0.05) is 10.9 Å². The molecule has 1 aromatic heterocycles. The summed E-state index contributed by atoms with van der Waals surface area (Å²) in [6, 6.07) is 12.6. The minimum absolute atomic E-state index is 0.562. The lowest BCUT2D eigenvalue weighted by atomic mass is 9.95. The van der Waals surface area contributed by atoms with E-state index >= 15 is 0 Å². The Morgan fingerprint density at radius 1 is 1.16 bits per heavy atom. The second-order valence-corrected chi connectivity index (χ2v) is 5.70. The van der Waals surface area contributed by atoms with Crippen molar-refractivity contribution in [3.63, 3.8) is 0 Å². The fourth-order valence-electron chi connectivity index (χ4n) is 2.23. The third-order valence-corrected chi connectivity index (χ3v) is 3.72. The lowest BCUT2D eigenvalue weighted by Crippen LogP contribution is -2.25. The number of hydrogen-bond donors (Lipinski definition) is 1. The molecule has 0 fully saturated rings. The van der Waals surface area contributed by atoms with Crippen LogP contribution >= 0.6 is 15.9 Å². The van der Waals surface area contributed by atoms with Gasteiger partial charge in [0.1, 0.15) is 5.76 Å². The molecule has 0 radical (unpaired) electrons. The van der Waals surface area contributed by atoms with Crippen molar-refractivity contribution in [2.45, 2.75) is 19.8 Å². The van der Waals surface area contributed by atoms with E-state index in [4.69, 9.17) is 4.42 Å². The summed E-state index contributed by atoms with van der Waals surface area (Å²) in [5, 5.41) is 3.44. The molecule has 0 aliphatic rings. The molecule has 2 rings (SSSR count). The summed E-state index contributed by atoms with van der Waals surface area (Å²) in [5.74, 6) is 1.63. The van der Waals surface area contributed by atoms with Crippen molar-refractivity contribution in [1.82, 2.24) is 5.32 Å². The molecular weight excluding hydrogens is 302 g/mol. The highest BCUT2D eigenvalue weighted by Crippen LogP contribution is 2.17. The van der Waals surface area contributed by atoms with Crippen molar-refractivity contribution in [3.8, 4) is 0 Å². The lowest BCUT2D eigenvalue weighted by molar-refractivity contribution is 0.418. The second kappa shape index (κ2) is 7.51. The Hall–Kier alpha value is -1.06. The maximum absolute atomic E-state index is 5.47. The average Bonchev–Trinajstić information content (AvgIpc) is 2.91. The molecule has 1 N–H and O–H groups in total. The SMILES string of the molecule is CCNCC(Cc1ccc(Br)cc1)Cc1ccco1. The van der Waals surface area contributed by atoms with E-state index in [2.05, 4.69) is 58.5 Å². The van der Waals surface area contributed by atoms with Gasteiger partial charge in [-0.3, -0.25) is 0 Å². The smallest absolute Gasteiger partial charge is 0.104 e. The summed E-state index contributed by atoms with van der Waals surface area (Å²) < 4.78 is 6.60. The first-order valence-electron chi connectivity index (χ1n) is 6.75. The van der Waals surface area contributed by atoms with E-state index in [1.54, 1.807) is 6.26 Å². The van der Waals surface area contributed by atoms with Gasteiger partial charge in [0.05, 0.1) is 6.26 Å². The van der Waals surface area contributed by atoms with Gasteiger partial charge in [-0.25, -0.2) is 0 Å². The topological polar surface area (TPSA) is 25.2 Å². The first-order chi connectivity index (χ1) is 9.28. The Labute approximate surface area is 123 Å². The number of benzene rings is 1. The summed E-state index contributed by atoms with van der Waals surface area (Å²) in [6.45, 7) is 4.17. The monoisotopic (exact) mass is 321 g/mol. The minimum atomic E-state index is 0.562. The van der Waals surface area contributed by atoms with Gasteiger partial charge in [-0.15, -0.1) is 0 Å². The van der Waals surface area contributed by atoms with Crippen LogP contribution in [0, 0.1) is 5.92 Å². The Balaban J connectivity index is 1.98. The zero-order chi connectivity index (χ0) is 13.5. The van der Waals surface area contributed by atoms with Crippen LogP contribution in [0.1, 0.15) is 18.2 Å². The predicted octanol–water partition coefficient (Wildman–Crippen LogP) is 4.05. The second-order valence-electron chi connectivity index (χ2n) is 4.79. The Bertz CT molecular complexity index is 464. The van der Waals surface area contributed by atoms with Crippen LogP contribution in [0.4, 0.5) is 0 Å². The zero-order valence-corrected chi connectivity index (χ0v) is 12.8. The summed E-state index contributed by atoms with van der Waals surface area (Å²) in [5.41, 5.74) is 1.37. The van der Waals surface area contributed by atoms with Gasteiger partial charge in [0.15, 0.2) is 0 Å². The first-order valence-corrected chi connectivity index (χ1v) is 7.54. The molecule has 0 saturated heterocycles. The molecule has 0 spiro atoms. The van der Waals surface area contributed by atoms with Crippen LogP contribution < -0.4 is 5.32 Å². The first kappa shape index (κ1) is 14.4. The van der Waals surface area contributed by atoms with Crippen molar-refractivity contribution in [2.75, 3.05) is 13.1 Å². The molecule has 0 aliphatic heterocycles. The minimum Gasteiger partial charge on any atom is -0.469 e. The molecule has 3 heteroatoms. The fourth-order valence-corrected chi connectivity index (χ4v) is 2.50. The van der Waals surface area contributed by atoms with Crippen LogP contribution in [0.2, 0.25) is 0 Å². The van der Waals surface area contributed by atoms with E-state index in [9.17, 15) is 0 Å². The van der Waals surface area contributed by atoms with Gasteiger partial charge in [-0.2, -0.15) is 0 Å². The van der Waals surface area contributed by atoms with Crippen LogP contribution in [0.5, 0.6) is 0 Å². The van der Waals surface area contributed by atoms with E-state index in [0.29, 0.717) is 5.92 Å². The predicted molar refractivity (Wildman–Crippen MR) is 82.3 cm³/mol. The number of nitrogens with one attached hydrogen (secondary N) is 1. The fraction of sp³-hybridized carbons (Fsp3) is 0.375. The number of rotatable bonds is 7. The summed E-state index contributed by atoms with van der Waals surface area (Å²) in [4.78, 5) is 0. The molecule has 0 aliphatic carbocycles. The molecule has 0 saturated carbocycles. The highest BCUT2D eigenvalue weighted by Gasteiger charge is 2.12. The van der Waals surface area contributed by atoms with Gasteiger partial charge in [0.2, 0.25) is 0 Å². The van der Waals surface area contributed by atoms with Gasteiger partial charge in [0.25, 0.3) is 0 Å². The molecule has 1 unspecified atom stereocenters. The van der Waals surface area contributed by atoms with Gasteiger partial charge in [-0.05, 0) is 55.3 Å². The van der Waals surface area contributed by atoms with Crippen molar-refractivity contribution in [1.29, 1.82) is 0 Å². The quantitative estimate of drug-likeness (QED) is 0.832. The molecule has 19 heavy (non-hydrogen) atoms. The maximum Gasteiger partial charge on any atom is 0.104 e. The number of furan rings is 1. The summed E-state index contributed by atoms with van der Waals surface area (Å²) >= 11 is 3.47. The lowest BCUT2D eigenvalue weighted by Gasteiger charge is -2.16. The molecular formula is C16H20BrNO. The van der Waals surface area contributed by atoms with Gasteiger partial charge < -0.3 is 9.73 Å². The maximum atomic E-state index is 5.47. The van der Waals surface area contributed by atoms with E-state index < -0.39 is 0 Å². The van der Waals surface area contributed by atoms with Crippen LogP contribution in [-0.2, 0) is 12.8 Å². The van der Waals surface area contributed by atoms with Crippen molar-refractivity contribution >= 4 is 15.9 Å². The molecule has 1 heterocycles.